The van der Waals surface area contributed by atoms with E-state index in [2.05, 4.69) is 10.6 Å². The van der Waals surface area contributed by atoms with Gasteiger partial charge in [-0.3, -0.25) is 4.79 Å². The predicted octanol–water partition coefficient (Wildman–Crippen LogP) is 2.79. The lowest BCUT2D eigenvalue weighted by Gasteiger charge is -2.17. The molecule has 1 aliphatic rings. The van der Waals surface area contributed by atoms with Gasteiger partial charge in [-0.2, -0.15) is 13.2 Å². The van der Waals surface area contributed by atoms with Crippen LogP contribution in [-0.4, -0.2) is 25.1 Å². The first-order valence-corrected chi connectivity index (χ1v) is 6.71. The summed E-state index contributed by atoms with van der Waals surface area (Å²) in [5.74, 6) is -0.611. The zero-order chi connectivity index (χ0) is 15.5. The minimum absolute atomic E-state index is 0.0653. The van der Waals surface area contributed by atoms with E-state index >= 15 is 0 Å². The molecule has 2 rings (SSSR count). The molecule has 1 unspecified atom stereocenters. The lowest BCUT2D eigenvalue weighted by atomic mass is 10.1. The maximum absolute atomic E-state index is 13.0. The van der Waals surface area contributed by atoms with Crippen molar-refractivity contribution in [3.05, 3.63) is 23.8 Å². The fourth-order valence-corrected chi connectivity index (χ4v) is 2.25. The standard InChI is InChI=1S/C14H17F3N2O2/c1-9(20)19-10-4-5-12(14(15,16)17)13(7-10)21-8-11-3-2-6-18-11/h4-5,7,11,18H,2-3,6,8H2,1H3,(H,19,20). The van der Waals surface area contributed by atoms with E-state index in [4.69, 9.17) is 4.74 Å². The van der Waals surface area contributed by atoms with Crippen molar-refractivity contribution >= 4 is 11.6 Å². The Morgan fingerprint density at radius 3 is 2.81 bits per heavy atom. The van der Waals surface area contributed by atoms with Crippen LogP contribution in [0.4, 0.5) is 18.9 Å². The lowest BCUT2D eigenvalue weighted by molar-refractivity contribution is -0.139. The summed E-state index contributed by atoms with van der Waals surface area (Å²) in [7, 11) is 0. The molecule has 1 atom stereocenters. The van der Waals surface area contributed by atoms with Gasteiger partial charge < -0.3 is 15.4 Å². The van der Waals surface area contributed by atoms with Crippen molar-refractivity contribution in [1.82, 2.24) is 5.32 Å². The molecule has 0 radical (unpaired) electrons. The second-order valence-corrected chi connectivity index (χ2v) is 4.99. The highest BCUT2D eigenvalue weighted by atomic mass is 19.4. The fourth-order valence-electron chi connectivity index (χ4n) is 2.25. The van der Waals surface area contributed by atoms with Crippen molar-refractivity contribution in [3.63, 3.8) is 0 Å². The average molecular weight is 302 g/mol. The molecule has 0 aliphatic carbocycles. The van der Waals surface area contributed by atoms with Crippen molar-refractivity contribution in [2.75, 3.05) is 18.5 Å². The summed E-state index contributed by atoms with van der Waals surface area (Å²) in [6, 6.07) is 3.41. The molecule has 7 heteroatoms. The van der Waals surface area contributed by atoms with Gasteiger partial charge in [-0.15, -0.1) is 0 Å². The molecule has 1 heterocycles. The number of halogens is 3. The first-order valence-electron chi connectivity index (χ1n) is 6.71. The zero-order valence-corrected chi connectivity index (χ0v) is 11.6. The number of carbonyl (C=O) groups excluding carboxylic acids is 1. The minimum Gasteiger partial charge on any atom is -0.491 e. The van der Waals surface area contributed by atoms with Gasteiger partial charge in [0.15, 0.2) is 0 Å². The molecule has 1 amide bonds. The van der Waals surface area contributed by atoms with E-state index in [-0.39, 0.29) is 30.0 Å². The van der Waals surface area contributed by atoms with Crippen LogP contribution in [0.2, 0.25) is 0 Å². The third kappa shape index (κ3) is 4.35. The third-order valence-electron chi connectivity index (χ3n) is 3.21. The summed E-state index contributed by atoms with van der Waals surface area (Å²) in [5.41, 5.74) is -0.556. The Hall–Kier alpha value is -1.76. The van der Waals surface area contributed by atoms with Crippen LogP contribution < -0.4 is 15.4 Å². The summed E-state index contributed by atoms with van der Waals surface area (Å²) in [6.07, 6.45) is -2.62. The first kappa shape index (κ1) is 15.6. The number of carbonyl (C=O) groups is 1. The van der Waals surface area contributed by atoms with Gasteiger partial charge in [0.25, 0.3) is 0 Å². The molecular weight excluding hydrogens is 285 g/mol. The Balaban J connectivity index is 2.18. The van der Waals surface area contributed by atoms with Crippen LogP contribution in [-0.2, 0) is 11.0 Å². The second kappa shape index (κ2) is 6.34. The van der Waals surface area contributed by atoms with E-state index in [0.717, 1.165) is 25.5 Å². The van der Waals surface area contributed by atoms with Crippen LogP contribution in [0.3, 0.4) is 0 Å². The highest BCUT2D eigenvalue weighted by Gasteiger charge is 2.34. The average Bonchev–Trinajstić information content (AvgIpc) is 2.87. The molecule has 116 valence electrons. The van der Waals surface area contributed by atoms with Crippen molar-refractivity contribution < 1.29 is 22.7 Å². The number of rotatable bonds is 4. The van der Waals surface area contributed by atoms with E-state index in [1.807, 2.05) is 0 Å². The fraction of sp³-hybridized carbons (Fsp3) is 0.500. The summed E-state index contributed by atoms with van der Waals surface area (Å²) < 4.78 is 44.2. The number of nitrogens with one attached hydrogen (secondary N) is 2. The molecule has 0 aromatic heterocycles. The molecule has 1 aromatic carbocycles. The highest BCUT2D eigenvalue weighted by molar-refractivity contribution is 5.88. The highest BCUT2D eigenvalue weighted by Crippen LogP contribution is 2.37. The monoisotopic (exact) mass is 302 g/mol. The van der Waals surface area contributed by atoms with Crippen molar-refractivity contribution in [2.24, 2.45) is 0 Å². The zero-order valence-electron chi connectivity index (χ0n) is 11.6. The molecule has 1 fully saturated rings. The van der Waals surface area contributed by atoms with Crippen LogP contribution in [0, 0.1) is 0 Å². The normalized spacial score (nSPS) is 18.6. The maximum atomic E-state index is 13.0. The van der Waals surface area contributed by atoms with E-state index in [1.54, 1.807) is 0 Å². The molecule has 4 nitrogen and oxygen atoms in total. The van der Waals surface area contributed by atoms with Crippen LogP contribution in [0.5, 0.6) is 5.75 Å². The van der Waals surface area contributed by atoms with Crippen LogP contribution in [0.25, 0.3) is 0 Å². The quantitative estimate of drug-likeness (QED) is 0.899. The molecule has 21 heavy (non-hydrogen) atoms. The minimum atomic E-state index is -4.49. The van der Waals surface area contributed by atoms with Gasteiger partial charge in [-0.25, -0.2) is 0 Å². The first-order chi connectivity index (χ1) is 9.86. The third-order valence-corrected chi connectivity index (χ3v) is 3.21. The van der Waals surface area contributed by atoms with Gasteiger partial charge >= 0.3 is 6.18 Å². The van der Waals surface area contributed by atoms with Gasteiger partial charge in [-0.1, -0.05) is 0 Å². The van der Waals surface area contributed by atoms with E-state index in [9.17, 15) is 18.0 Å². The van der Waals surface area contributed by atoms with Crippen molar-refractivity contribution in [1.29, 1.82) is 0 Å². The molecular formula is C14H17F3N2O2. The molecule has 1 saturated heterocycles. The predicted molar refractivity (Wildman–Crippen MR) is 72.3 cm³/mol. The molecule has 1 aliphatic heterocycles. The van der Waals surface area contributed by atoms with Crippen LogP contribution >= 0.6 is 0 Å². The van der Waals surface area contributed by atoms with Gasteiger partial charge in [0, 0.05) is 24.7 Å². The van der Waals surface area contributed by atoms with E-state index < -0.39 is 11.7 Å². The van der Waals surface area contributed by atoms with Crippen LogP contribution in [0.1, 0.15) is 25.3 Å². The smallest absolute Gasteiger partial charge is 0.419 e. The van der Waals surface area contributed by atoms with Gasteiger partial charge in [0.2, 0.25) is 5.91 Å². The number of benzene rings is 1. The molecule has 2 N–H and O–H groups in total. The Bertz CT molecular complexity index is 511. The van der Waals surface area contributed by atoms with E-state index in [0.29, 0.717) is 0 Å². The Morgan fingerprint density at radius 2 is 2.24 bits per heavy atom. The van der Waals surface area contributed by atoms with Crippen LogP contribution in [0.15, 0.2) is 18.2 Å². The Labute approximate surface area is 120 Å². The summed E-state index contributed by atoms with van der Waals surface area (Å²) in [6.45, 7) is 2.32. The molecule has 0 bridgehead atoms. The topological polar surface area (TPSA) is 50.4 Å². The SMILES string of the molecule is CC(=O)Nc1ccc(C(F)(F)F)c(OCC2CCCN2)c1. The summed E-state index contributed by atoms with van der Waals surface area (Å²) in [4.78, 5) is 11.0. The lowest BCUT2D eigenvalue weighted by Crippen LogP contribution is -2.28. The number of amides is 1. The molecule has 0 saturated carbocycles. The largest absolute Gasteiger partial charge is 0.491 e. The number of ether oxygens (including phenoxy) is 1. The van der Waals surface area contributed by atoms with E-state index in [1.165, 1.54) is 19.1 Å². The number of hydrogen-bond donors (Lipinski definition) is 2. The van der Waals surface area contributed by atoms with Gasteiger partial charge in [-0.05, 0) is 31.5 Å². The number of anilines is 1. The Morgan fingerprint density at radius 1 is 1.48 bits per heavy atom. The molecule has 1 aromatic rings. The number of alkyl halides is 3. The second-order valence-electron chi connectivity index (χ2n) is 4.99. The van der Waals surface area contributed by atoms with Gasteiger partial charge in [0.1, 0.15) is 12.4 Å². The van der Waals surface area contributed by atoms with Gasteiger partial charge in [0.05, 0.1) is 5.56 Å². The van der Waals surface area contributed by atoms with Crippen molar-refractivity contribution in [2.45, 2.75) is 32.0 Å². The Kier molecular flexibility index (Phi) is 4.72. The number of hydrogen-bond acceptors (Lipinski definition) is 3. The summed E-state index contributed by atoms with van der Waals surface area (Å²) >= 11 is 0. The summed E-state index contributed by atoms with van der Waals surface area (Å²) in [5, 5.41) is 5.61. The maximum Gasteiger partial charge on any atom is 0.419 e. The van der Waals surface area contributed by atoms with Crippen molar-refractivity contribution in [3.8, 4) is 5.75 Å². The molecule has 0 spiro atoms.